The first-order chi connectivity index (χ1) is 5.34. The molecular formula is C9H14N2. The maximum Gasteiger partial charge on any atom is 0.0445 e. The summed E-state index contributed by atoms with van der Waals surface area (Å²) in [6.45, 7) is 3.09. The van der Waals surface area contributed by atoms with Crippen molar-refractivity contribution in [1.82, 2.24) is 10.3 Å². The van der Waals surface area contributed by atoms with Crippen molar-refractivity contribution in [2.45, 2.75) is 13.3 Å². The zero-order chi connectivity index (χ0) is 8.10. The smallest absolute Gasteiger partial charge is 0.0445 e. The minimum atomic E-state index is 0.998. The van der Waals surface area contributed by atoms with Crippen LogP contribution in [-0.4, -0.2) is 18.6 Å². The van der Waals surface area contributed by atoms with Crippen LogP contribution in [0.15, 0.2) is 18.3 Å². The number of likely N-dealkylation sites (N-methyl/N-ethyl adjacent to an activating group) is 1. The normalized spacial score (nSPS) is 10.0. The van der Waals surface area contributed by atoms with E-state index in [1.165, 1.54) is 11.3 Å². The molecule has 0 bridgehead atoms. The molecule has 1 aromatic heterocycles. The van der Waals surface area contributed by atoms with Crippen LogP contribution in [0.5, 0.6) is 0 Å². The molecule has 0 amide bonds. The van der Waals surface area contributed by atoms with Gasteiger partial charge < -0.3 is 5.32 Å². The van der Waals surface area contributed by atoms with E-state index in [9.17, 15) is 0 Å². The molecule has 0 saturated heterocycles. The molecule has 1 N–H and O–H groups in total. The van der Waals surface area contributed by atoms with Gasteiger partial charge in [-0.15, -0.1) is 0 Å². The second-order valence-corrected chi connectivity index (χ2v) is 2.62. The van der Waals surface area contributed by atoms with Crippen molar-refractivity contribution in [3.8, 4) is 0 Å². The van der Waals surface area contributed by atoms with Gasteiger partial charge >= 0.3 is 0 Å². The number of nitrogens with zero attached hydrogens (tertiary/aromatic N) is 1. The van der Waals surface area contributed by atoms with Gasteiger partial charge in [-0.25, -0.2) is 0 Å². The number of pyridine rings is 1. The van der Waals surface area contributed by atoms with Crippen LogP contribution in [0.3, 0.4) is 0 Å². The third-order valence-corrected chi connectivity index (χ3v) is 1.73. The summed E-state index contributed by atoms with van der Waals surface area (Å²) in [4.78, 5) is 4.28. The van der Waals surface area contributed by atoms with Crippen LogP contribution in [0, 0.1) is 6.92 Å². The van der Waals surface area contributed by atoms with Crippen LogP contribution in [-0.2, 0) is 6.42 Å². The molecular weight excluding hydrogens is 136 g/mol. The van der Waals surface area contributed by atoms with Gasteiger partial charge in [0.2, 0.25) is 0 Å². The number of hydrogen-bond donors (Lipinski definition) is 1. The molecule has 0 aliphatic rings. The average molecular weight is 150 g/mol. The molecule has 0 aliphatic carbocycles. The summed E-state index contributed by atoms with van der Waals surface area (Å²) in [7, 11) is 1.96. The number of nitrogens with one attached hydrogen (secondary N) is 1. The molecule has 2 heteroatoms. The van der Waals surface area contributed by atoms with Gasteiger partial charge in [0.15, 0.2) is 0 Å². The molecule has 0 atom stereocenters. The zero-order valence-electron chi connectivity index (χ0n) is 7.09. The highest BCUT2D eigenvalue weighted by atomic mass is 14.8. The second-order valence-electron chi connectivity index (χ2n) is 2.62. The Morgan fingerprint density at radius 1 is 1.55 bits per heavy atom. The standard InChI is InChI=1S/C9H14N2/c1-8-4-3-6-11-9(8)5-7-10-2/h3-4,6,10H,5,7H2,1-2H3. The van der Waals surface area contributed by atoms with E-state index < -0.39 is 0 Å². The molecule has 1 rings (SSSR count). The maximum absolute atomic E-state index is 4.28. The minimum absolute atomic E-state index is 0.998. The van der Waals surface area contributed by atoms with Crippen molar-refractivity contribution in [1.29, 1.82) is 0 Å². The van der Waals surface area contributed by atoms with Gasteiger partial charge in [0, 0.05) is 24.9 Å². The molecule has 60 valence electrons. The number of rotatable bonds is 3. The highest BCUT2D eigenvalue weighted by molar-refractivity contribution is 5.17. The van der Waals surface area contributed by atoms with E-state index in [2.05, 4.69) is 23.3 Å². The van der Waals surface area contributed by atoms with Crippen LogP contribution >= 0.6 is 0 Å². The third kappa shape index (κ3) is 2.31. The van der Waals surface area contributed by atoms with E-state index in [4.69, 9.17) is 0 Å². The van der Waals surface area contributed by atoms with Crippen molar-refractivity contribution in [3.63, 3.8) is 0 Å². The fourth-order valence-corrected chi connectivity index (χ4v) is 1.02. The summed E-state index contributed by atoms with van der Waals surface area (Å²) in [6, 6.07) is 4.07. The summed E-state index contributed by atoms with van der Waals surface area (Å²) in [5.41, 5.74) is 2.48. The van der Waals surface area contributed by atoms with E-state index in [0.29, 0.717) is 0 Å². The minimum Gasteiger partial charge on any atom is -0.319 e. The van der Waals surface area contributed by atoms with Crippen molar-refractivity contribution >= 4 is 0 Å². The summed E-state index contributed by atoms with van der Waals surface area (Å²) in [6.07, 6.45) is 2.86. The van der Waals surface area contributed by atoms with Gasteiger partial charge in [0.05, 0.1) is 0 Å². The Bertz CT molecular complexity index is 221. The fourth-order valence-electron chi connectivity index (χ4n) is 1.02. The third-order valence-electron chi connectivity index (χ3n) is 1.73. The van der Waals surface area contributed by atoms with E-state index in [0.717, 1.165) is 13.0 Å². The quantitative estimate of drug-likeness (QED) is 0.699. The Labute approximate surface area is 67.7 Å². The van der Waals surface area contributed by atoms with Gasteiger partial charge in [-0.2, -0.15) is 0 Å². The molecule has 0 spiro atoms. The Kier molecular flexibility index (Phi) is 3.05. The Balaban J connectivity index is 2.62. The summed E-state index contributed by atoms with van der Waals surface area (Å²) >= 11 is 0. The molecule has 0 aliphatic heterocycles. The Morgan fingerprint density at radius 2 is 2.36 bits per heavy atom. The summed E-state index contributed by atoms with van der Waals surface area (Å²) in [5, 5.41) is 3.10. The van der Waals surface area contributed by atoms with Crippen molar-refractivity contribution in [3.05, 3.63) is 29.6 Å². The first-order valence-electron chi connectivity index (χ1n) is 3.89. The van der Waals surface area contributed by atoms with Gasteiger partial charge in [-0.3, -0.25) is 4.98 Å². The predicted molar refractivity (Wildman–Crippen MR) is 46.6 cm³/mol. The predicted octanol–water partition coefficient (Wildman–Crippen LogP) is 1.15. The largest absolute Gasteiger partial charge is 0.319 e. The lowest BCUT2D eigenvalue weighted by Crippen LogP contribution is -2.11. The van der Waals surface area contributed by atoms with Gasteiger partial charge in [0.25, 0.3) is 0 Å². The average Bonchev–Trinajstić information content (AvgIpc) is 2.03. The number of hydrogen-bond acceptors (Lipinski definition) is 2. The van der Waals surface area contributed by atoms with Crippen LogP contribution in [0.2, 0.25) is 0 Å². The molecule has 11 heavy (non-hydrogen) atoms. The van der Waals surface area contributed by atoms with Gasteiger partial charge in [-0.05, 0) is 25.6 Å². The lowest BCUT2D eigenvalue weighted by molar-refractivity contribution is 0.772. The Hall–Kier alpha value is -0.890. The molecule has 1 heterocycles. The van der Waals surface area contributed by atoms with Gasteiger partial charge in [-0.1, -0.05) is 6.07 Å². The van der Waals surface area contributed by atoms with Crippen LogP contribution in [0.1, 0.15) is 11.3 Å². The van der Waals surface area contributed by atoms with Crippen molar-refractivity contribution in [2.75, 3.05) is 13.6 Å². The molecule has 0 unspecified atom stereocenters. The first kappa shape index (κ1) is 8.21. The van der Waals surface area contributed by atoms with E-state index in [1.807, 2.05) is 19.3 Å². The molecule has 0 fully saturated rings. The molecule has 2 nitrogen and oxygen atoms in total. The molecule has 1 aromatic rings. The topological polar surface area (TPSA) is 24.9 Å². The first-order valence-corrected chi connectivity index (χ1v) is 3.89. The van der Waals surface area contributed by atoms with Crippen LogP contribution in [0.25, 0.3) is 0 Å². The summed E-state index contributed by atoms with van der Waals surface area (Å²) in [5.74, 6) is 0. The Morgan fingerprint density at radius 3 is 3.00 bits per heavy atom. The molecule has 0 saturated carbocycles. The molecule has 0 aromatic carbocycles. The van der Waals surface area contributed by atoms with Gasteiger partial charge in [0.1, 0.15) is 0 Å². The second kappa shape index (κ2) is 4.09. The van der Waals surface area contributed by atoms with E-state index in [-0.39, 0.29) is 0 Å². The monoisotopic (exact) mass is 150 g/mol. The number of aromatic nitrogens is 1. The van der Waals surface area contributed by atoms with Crippen LogP contribution < -0.4 is 5.32 Å². The lowest BCUT2D eigenvalue weighted by Gasteiger charge is -2.02. The van der Waals surface area contributed by atoms with E-state index >= 15 is 0 Å². The van der Waals surface area contributed by atoms with Crippen molar-refractivity contribution in [2.24, 2.45) is 0 Å². The van der Waals surface area contributed by atoms with Crippen LogP contribution in [0.4, 0.5) is 0 Å². The molecule has 0 radical (unpaired) electrons. The SMILES string of the molecule is CNCCc1ncccc1C. The number of aryl methyl sites for hydroxylation is 1. The lowest BCUT2D eigenvalue weighted by atomic mass is 10.2. The van der Waals surface area contributed by atoms with E-state index in [1.54, 1.807) is 0 Å². The highest BCUT2D eigenvalue weighted by Gasteiger charge is 1.95. The maximum atomic E-state index is 4.28. The highest BCUT2D eigenvalue weighted by Crippen LogP contribution is 2.02. The fraction of sp³-hybridized carbons (Fsp3) is 0.444. The van der Waals surface area contributed by atoms with Crippen molar-refractivity contribution < 1.29 is 0 Å². The summed E-state index contributed by atoms with van der Waals surface area (Å²) < 4.78 is 0. The zero-order valence-corrected chi connectivity index (χ0v) is 7.09.